The van der Waals surface area contributed by atoms with Crippen molar-refractivity contribution < 1.29 is 13.2 Å². The van der Waals surface area contributed by atoms with E-state index >= 15 is 0 Å². The summed E-state index contributed by atoms with van der Waals surface area (Å²) in [6, 6.07) is 7.38. The number of carbonyl (C=O) groups is 1. The van der Waals surface area contributed by atoms with Crippen LogP contribution in [-0.4, -0.2) is 62.3 Å². The molecule has 1 heterocycles. The highest BCUT2D eigenvalue weighted by Crippen LogP contribution is 2.23. The van der Waals surface area contributed by atoms with Crippen molar-refractivity contribution in [3.05, 3.63) is 29.8 Å². The molecule has 158 valence electrons. The van der Waals surface area contributed by atoms with E-state index in [1.54, 1.807) is 12.1 Å². The summed E-state index contributed by atoms with van der Waals surface area (Å²) in [7, 11) is -3.49. The summed E-state index contributed by atoms with van der Waals surface area (Å²) in [5.74, 6) is 0.806. The number of hydrogen-bond acceptors (Lipinski definition) is 4. The molecule has 1 saturated heterocycles. The Balaban J connectivity index is 1.92. The summed E-state index contributed by atoms with van der Waals surface area (Å²) in [6.07, 6.45) is 1.03. The van der Waals surface area contributed by atoms with Crippen molar-refractivity contribution in [3.63, 3.8) is 0 Å². The van der Waals surface area contributed by atoms with Crippen LogP contribution in [0, 0.1) is 5.92 Å². The number of sulfonamides is 1. The molecule has 1 fully saturated rings. The molecule has 0 aromatic heterocycles. The minimum atomic E-state index is -3.49. The molecule has 0 radical (unpaired) electrons. The minimum absolute atomic E-state index is 0.00172. The van der Waals surface area contributed by atoms with E-state index in [9.17, 15) is 13.2 Å². The van der Waals surface area contributed by atoms with E-state index in [-0.39, 0.29) is 11.9 Å². The molecule has 0 saturated carbocycles. The maximum absolute atomic E-state index is 12.9. The van der Waals surface area contributed by atoms with Crippen molar-refractivity contribution >= 4 is 15.9 Å². The van der Waals surface area contributed by atoms with Crippen LogP contribution in [0.5, 0.6) is 0 Å². The fraction of sp³-hybridized carbons (Fsp3) is 0.667. The van der Waals surface area contributed by atoms with Gasteiger partial charge in [-0.15, -0.1) is 0 Å². The standard InChI is InChI=1S/C21H35N3O3S/c1-6-17(4)19-7-9-20(10-8-19)28(26,27)24-13-11-23(12-14-24)15-21(25)22-18(5)16(2)3/h7-10,16-18H,6,11-15H2,1-5H3,(H,22,25)/t17-,18-/m1/s1. The molecule has 1 amide bonds. The van der Waals surface area contributed by atoms with Crippen LogP contribution in [0.15, 0.2) is 29.2 Å². The number of benzene rings is 1. The SMILES string of the molecule is CC[C@@H](C)c1ccc(S(=O)(=O)N2CCN(CC(=O)N[C@H](C)C(C)C)CC2)cc1. The summed E-state index contributed by atoms with van der Waals surface area (Å²) in [4.78, 5) is 14.5. The van der Waals surface area contributed by atoms with Crippen molar-refractivity contribution in [2.75, 3.05) is 32.7 Å². The van der Waals surface area contributed by atoms with E-state index in [0.717, 1.165) is 12.0 Å². The second-order valence-electron chi connectivity index (χ2n) is 8.16. The molecule has 2 rings (SSSR count). The predicted octanol–water partition coefficient (Wildman–Crippen LogP) is 2.67. The largest absolute Gasteiger partial charge is 0.352 e. The molecule has 1 aromatic rings. The number of nitrogens with one attached hydrogen (secondary N) is 1. The Hall–Kier alpha value is -1.44. The maximum atomic E-state index is 12.9. The lowest BCUT2D eigenvalue weighted by Crippen LogP contribution is -2.51. The lowest BCUT2D eigenvalue weighted by Gasteiger charge is -2.33. The lowest BCUT2D eigenvalue weighted by molar-refractivity contribution is -0.123. The fourth-order valence-corrected chi connectivity index (χ4v) is 4.57. The number of amides is 1. The molecular weight excluding hydrogens is 374 g/mol. The molecule has 2 atom stereocenters. The molecule has 1 aliphatic heterocycles. The number of carbonyl (C=O) groups excluding carboxylic acids is 1. The van der Waals surface area contributed by atoms with E-state index in [2.05, 4.69) is 33.0 Å². The van der Waals surface area contributed by atoms with Crippen LogP contribution in [0.3, 0.4) is 0 Å². The van der Waals surface area contributed by atoms with Gasteiger partial charge in [-0.2, -0.15) is 4.31 Å². The van der Waals surface area contributed by atoms with Crippen molar-refractivity contribution in [1.29, 1.82) is 0 Å². The Morgan fingerprint density at radius 2 is 1.61 bits per heavy atom. The van der Waals surface area contributed by atoms with Crippen LogP contribution < -0.4 is 5.32 Å². The highest BCUT2D eigenvalue weighted by Gasteiger charge is 2.29. The van der Waals surface area contributed by atoms with E-state index in [1.807, 2.05) is 24.0 Å². The van der Waals surface area contributed by atoms with Gasteiger partial charge in [0.15, 0.2) is 0 Å². The summed E-state index contributed by atoms with van der Waals surface area (Å²) in [5.41, 5.74) is 1.16. The molecule has 7 heteroatoms. The first kappa shape index (κ1) is 22.8. The quantitative estimate of drug-likeness (QED) is 0.717. The van der Waals surface area contributed by atoms with Crippen molar-refractivity contribution in [2.45, 2.75) is 57.9 Å². The molecule has 0 spiro atoms. The monoisotopic (exact) mass is 409 g/mol. The molecule has 28 heavy (non-hydrogen) atoms. The first-order valence-corrected chi connectivity index (χ1v) is 11.7. The van der Waals surface area contributed by atoms with Crippen LogP contribution >= 0.6 is 0 Å². The third-order valence-electron chi connectivity index (χ3n) is 5.79. The number of hydrogen-bond donors (Lipinski definition) is 1. The molecule has 6 nitrogen and oxygen atoms in total. The third-order valence-corrected chi connectivity index (χ3v) is 7.70. The first-order chi connectivity index (χ1) is 13.1. The normalized spacial score (nSPS) is 18.8. The summed E-state index contributed by atoms with van der Waals surface area (Å²) < 4.78 is 27.4. The van der Waals surface area contributed by atoms with Gasteiger partial charge in [0.05, 0.1) is 11.4 Å². The van der Waals surface area contributed by atoms with Crippen LogP contribution in [-0.2, 0) is 14.8 Å². The Morgan fingerprint density at radius 1 is 1.04 bits per heavy atom. The predicted molar refractivity (Wildman–Crippen MR) is 113 cm³/mol. The van der Waals surface area contributed by atoms with Gasteiger partial charge in [0.2, 0.25) is 15.9 Å². The van der Waals surface area contributed by atoms with Crippen LogP contribution in [0.2, 0.25) is 0 Å². The van der Waals surface area contributed by atoms with Gasteiger partial charge in [-0.3, -0.25) is 9.69 Å². The number of nitrogens with zero attached hydrogens (tertiary/aromatic N) is 2. The zero-order chi connectivity index (χ0) is 20.9. The smallest absolute Gasteiger partial charge is 0.243 e. The van der Waals surface area contributed by atoms with Crippen molar-refractivity contribution in [3.8, 4) is 0 Å². The van der Waals surface area contributed by atoms with Crippen LogP contribution in [0.4, 0.5) is 0 Å². The Labute approximate surface area is 170 Å². The zero-order valence-corrected chi connectivity index (χ0v) is 18.6. The van der Waals surface area contributed by atoms with Gasteiger partial charge < -0.3 is 5.32 Å². The first-order valence-electron chi connectivity index (χ1n) is 10.3. The van der Waals surface area contributed by atoms with Crippen molar-refractivity contribution in [2.24, 2.45) is 5.92 Å². The van der Waals surface area contributed by atoms with Gasteiger partial charge in [-0.1, -0.05) is 39.8 Å². The van der Waals surface area contributed by atoms with E-state index in [0.29, 0.717) is 49.5 Å². The topological polar surface area (TPSA) is 69.7 Å². The van der Waals surface area contributed by atoms with Gasteiger partial charge >= 0.3 is 0 Å². The zero-order valence-electron chi connectivity index (χ0n) is 17.8. The number of piperazine rings is 1. The Kier molecular flexibility index (Phi) is 8.04. The highest BCUT2D eigenvalue weighted by atomic mass is 32.2. The second kappa shape index (κ2) is 9.85. The summed E-state index contributed by atoms with van der Waals surface area (Å²) in [6.45, 7) is 12.7. The van der Waals surface area contributed by atoms with Gasteiger partial charge in [-0.05, 0) is 42.9 Å². The summed E-state index contributed by atoms with van der Waals surface area (Å²) in [5, 5.41) is 3.00. The molecule has 0 bridgehead atoms. The van der Waals surface area contributed by atoms with Gasteiger partial charge in [0.25, 0.3) is 0 Å². The molecule has 1 aliphatic rings. The molecule has 0 aliphatic carbocycles. The van der Waals surface area contributed by atoms with E-state index in [4.69, 9.17) is 0 Å². The molecule has 0 unspecified atom stereocenters. The number of rotatable bonds is 8. The Morgan fingerprint density at radius 3 is 2.11 bits per heavy atom. The molecule has 1 aromatic carbocycles. The minimum Gasteiger partial charge on any atom is -0.352 e. The van der Waals surface area contributed by atoms with Gasteiger partial charge in [0.1, 0.15) is 0 Å². The fourth-order valence-electron chi connectivity index (χ4n) is 3.15. The van der Waals surface area contributed by atoms with E-state index < -0.39 is 10.0 Å². The average Bonchev–Trinajstić information content (AvgIpc) is 2.67. The van der Waals surface area contributed by atoms with Crippen molar-refractivity contribution in [1.82, 2.24) is 14.5 Å². The summed E-state index contributed by atoms with van der Waals surface area (Å²) >= 11 is 0. The lowest BCUT2D eigenvalue weighted by atomic mass is 9.99. The van der Waals surface area contributed by atoms with Crippen LogP contribution in [0.1, 0.15) is 52.5 Å². The third kappa shape index (κ3) is 5.78. The van der Waals surface area contributed by atoms with Gasteiger partial charge in [-0.25, -0.2) is 8.42 Å². The average molecular weight is 410 g/mol. The molecular formula is C21H35N3O3S. The second-order valence-corrected chi connectivity index (χ2v) is 10.1. The van der Waals surface area contributed by atoms with Gasteiger partial charge in [0, 0.05) is 32.2 Å². The Bertz CT molecular complexity index is 739. The van der Waals surface area contributed by atoms with E-state index in [1.165, 1.54) is 4.31 Å². The highest BCUT2D eigenvalue weighted by molar-refractivity contribution is 7.89. The molecule has 1 N–H and O–H groups in total. The van der Waals surface area contributed by atoms with Crippen LogP contribution in [0.25, 0.3) is 0 Å². The maximum Gasteiger partial charge on any atom is 0.243 e.